The van der Waals surface area contributed by atoms with E-state index in [4.69, 9.17) is 9.05 Å². The first-order valence-electron chi connectivity index (χ1n) is 21.0. The summed E-state index contributed by atoms with van der Waals surface area (Å²) < 4.78 is 23.4. The number of phosphoric acid groups is 1. The monoisotopic (exact) mass is 748 g/mol. The number of aliphatic hydroxyl groups is 2. The first kappa shape index (κ1) is 50.2. The third kappa shape index (κ3) is 34.7. The van der Waals surface area contributed by atoms with Crippen LogP contribution in [0.4, 0.5) is 0 Å². The maximum absolute atomic E-state index is 12.9. The molecule has 4 atom stereocenters. The smallest absolute Gasteiger partial charge is 0.387 e. The van der Waals surface area contributed by atoms with E-state index in [0.717, 1.165) is 44.4 Å². The standard InChI is InChI=1S/C41H83N2O7P/c1-7-8-9-10-11-12-13-14-15-16-17-20-24-27-30-33-40(45)41(46)42-38(36-50-51(47,48)49-35-34-43(4,5)6)39(44)32-29-26-23-21-18-19-22-25-28-31-37(2)3/h29,32,37-40,44-45H,7-28,30-31,33-36H2,1-6H3,(H-,42,46,47,48)/p+1/b32-29+/t38-,39+,40?/m0/s1. The predicted molar refractivity (Wildman–Crippen MR) is 214 cm³/mol. The number of hydrogen-bond donors (Lipinski definition) is 4. The highest BCUT2D eigenvalue weighted by Crippen LogP contribution is 2.43. The van der Waals surface area contributed by atoms with Gasteiger partial charge in [-0.1, -0.05) is 174 Å². The normalized spacial score (nSPS) is 15.3. The molecule has 0 aromatic carbocycles. The Morgan fingerprint density at radius 2 is 1.16 bits per heavy atom. The molecule has 0 saturated carbocycles. The first-order chi connectivity index (χ1) is 24.3. The van der Waals surface area contributed by atoms with Crippen LogP contribution >= 0.6 is 7.82 Å². The lowest BCUT2D eigenvalue weighted by Crippen LogP contribution is -2.49. The molecule has 0 saturated heterocycles. The van der Waals surface area contributed by atoms with E-state index in [1.54, 1.807) is 6.08 Å². The third-order valence-electron chi connectivity index (χ3n) is 9.54. The van der Waals surface area contributed by atoms with Crippen LogP contribution in [0.25, 0.3) is 0 Å². The summed E-state index contributed by atoms with van der Waals surface area (Å²) in [5.41, 5.74) is 0. The molecule has 0 radical (unpaired) electrons. The quantitative estimate of drug-likeness (QED) is 0.0216. The van der Waals surface area contributed by atoms with Crippen molar-refractivity contribution in [3.05, 3.63) is 12.2 Å². The second kappa shape index (κ2) is 32.6. The van der Waals surface area contributed by atoms with Crippen molar-refractivity contribution < 1.29 is 38.0 Å². The Labute approximate surface area is 314 Å². The second-order valence-electron chi connectivity index (χ2n) is 16.3. The highest BCUT2D eigenvalue weighted by atomic mass is 31.2. The van der Waals surface area contributed by atoms with Gasteiger partial charge in [-0.15, -0.1) is 0 Å². The molecule has 0 aromatic rings. The van der Waals surface area contributed by atoms with Gasteiger partial charge in [0, 0.05) is 0 Å². The lowest BCUT2D eigenvalue weighted by atomic mass is 10.0. The van der Waals surface area contributed by atoms with E-state index in [1.807, 2.05) is 27.2 Å². The fraction of sp³-hybridized carbons (Fsp3) is 0.927. The number of carbonyl (C=O) groups is 1. The number of hydrogen-bond acceptors (Lipinski definition) is 6. The molecule has 0 heterocycles. The van der Waals surface area contributed by atoms with Gasteiger partial charge >= 0.3 is 7.82 Å². The summed E-state index contributed by atoms with van der Waals surface area (Å²) in [6, 6.07) is -1.02. The molecule has 0 aromatic heterocycles. The van der Waals surface area contributed by atoms with Gasteiger partial charge in [0.15, 0.2) is 0 Å². The summed E-state index contributed by atoms with van der Waals surface area (Å²) in [6.07, 6.45) is 30.7. The van der Waals surface area contributed by atoms with Crippen LogP contribution in [0.5, 0.6) is 0 Å². The molecule has 0 bridgehead atoms. The Morgan fingerprint density at radius 1 is 0.706 bits per heavy atom. The zero-order chi connectivity index (χ0) is 38.2. The number of phosphoric ester groups is 1. The van der Waals surface area contributed by atoms with Crippen molar-refractivity contribution in [2.75, 3.05) is 40.9 Å². The minimum atomic E-state index is -4.40. The molecule has 0 spiro atoms. The summed E-state index contributed by atoms with van der Waals surface area (Å²) in [4.78, 5) is 23.1. The van der Waals surface area contributed by atoms with Crippen molar-refractivity contribution in [3.8, 4) is 0 Å². The van der Waals surface area contributed by atoms with Gasteiger partial charge in [0.25, 0.3) is 0 Å². The van der Waals surface area contributed by atoms with Crippen molar-refractivity contribution in [2.45, 2.75) is 200 Å². The number of unbranched alkanes of at least 4 members (excludes halogenated alkanes) is 21. The molecule has 4 N–H and O–H groups in total. The average molecular weight is 748 g/mol. The zero-order valence-electron chi connectivity index (χ0n) is 34.1. The van der Waals surface area contributed by atoms with Crippen LogP contribution in [0.3, 0.4) is 0 Å². The van der Waals surface area contributed by atoms with E-state index in [9.17, 15) is 24.5 Å². The predicted octanol–water partition coefficient (Wildman–Crippen LogP) is 10.0. The summed E-state index contributed by atoms with van der Waals surface area (Å²) in [7, 11) is 1.43. The molecule has 0 aliphatic rings. The van der Waals surface area contributed by atoms with Crippen LogP contribution in [-0.4, -0.2) is 84.6 Å². The highest BCUT2D eigenvalue weighted by Gasteiger charge is 2.29. The molecule has 304 valence electrons. The molecule has 9 nitrogen and oxygen atoms in total. The Morgan fingerprint density at radius 3 is 1.63 bits per heavy atom. The third-order valence-corrected chi connectivity index (χ3v) is 10.5. The summed E-state index contributed by atoms with van der Waals surface area (Å²) in [5, 5.41) is 24.2. The maximum atomic E-state index is 12.9. The number of rotatable bonds is 37. The van der Waals surface area contributed by atoms with E-state index in [1.165, 1.54) is 116 Å². The molecular weight excluding hydrogens is 663 g/mol. The van der Waals surface area contributed by atoms with Crippen LogP contribution < -0.4 is 5.32 Å². The van der Waals surface area contributed by atoms with Gasteiger partial charge in [-0.25, -0.2) is 4.57 Å². The Bertz CT molecular complexity index is 881. The number of allylic oxidation sites excluding steroid dienone is 1. The Balaban J connectivity index is 4.57. The first-order valence-corrected chi connectivity index (χ1v) is 22.5. The van der Waals surface area contributed by atoms with Gasteiger partial charge in [0.1, 0.15) is 19.3 Å². The molecule has 2 unspecified atom stereocenters. The number of carbonyl (C=O) groups excluding carboxylic acids is 1. The van der Waals surface area contributed by atoms with Crippen LogP contribution in [0.2, 0.25) is 0 Å². The maximum Gasteiger partial charge on any atom is 0.472 e. The van der Waals surface area contributed by atoms with Crippen LogP contribution in [0.1, 0.15) is 181 Å². The molecule has 0 aliphatic heterocycles. The van der Waals surface area contributed by atoms with E-state index in [0.29, 0.717) is 17.4 Å². The number of quaternary nitrogens is 1. The van der Waals surface area contributed by atoms with Crippen molar-refractivity contribution in [1.29, 1.82) is 0 Å². The molecule has 10 heteroatoms. The average Bonchev–Trinajstić information content (AvgIpc) is 3.06. The van der Waals surface area contributed by atoms with Crippen molar-refractivity contribution in [3.63, 3.8) is 0 Å². The van der Waals surface area contributed by atoms with E-state index < -0.39 is 38.6 Å². The Kier molecular flexibility index (Phi) is 32.1. The van der Waals surface area contributed by atoms with Crippen molar-refractivity contribution >= 4 is 13.7 Å². The van der Waals surface area contributed by atoms with Gasteiger partial charge in [-0.3, -0.25) is 13.8 Å². The minimum absolute atomic E-state index is 0.0205. The largest absolute Gasteiger partial charge is 0.472 e. The van der Waals surface area contributed by atoms with Gasteiger partial charge < -0.3 is 24.9 Å². The number of likely N-dealkylation sites (N-methyl/N-ethyl adjacent to an activating group) is 1. The second-order valence-corrected chi connectivity index (χ2v) is 17.8. The fourth-order valence-electron chi connectivity index (χ4n) is 6.05. The van der Waals surface area contributed by atoms with Gasteiger partial charge in [0.05, 0.1) is 39.9 Å². The van der Waals surface area contributed by atoms with Crippen molar-refractivity contribution in [2.24, 2.45) is 5.92 Å². The topological polar surface area (TPSA) is 125 Å². The van der Waals surface area contributed by atoms with Gasteiger partial charge in [0.2, 0.25) is 5.91 Å². The summed E-state index contributed by atoms with van der Waals surface area (Å²) in [5.74, 6) is 0.160. The number of nitrogens with zero attached hydrogens (tertiary/aromatic N) is 1. The molecule has 51 heavy (non-hydrogen) atoms. The summed E-state index contributed by atoms with van der Waals surface area (Å²) in [6.45, 7) is 6.89. The van der Waals surface area contributed by atoms with Crippen LogP contribution in [0.15, 0.2) is 12.2 Å². The molecule has 0 fully saturated rings. The highest BCUT2D eigenvalue weighted by molar-refractivity contribution is 7.47. The number of aliphatic hydroxyl groups excluding tert-OH is 2. The van der Waals surface area contributed by atoms with Crippen LogP contribution in [-0.2, 0) is 18.4 Å². The Hall–Kier alpha value is -0.800. The molecular formula is C41H84N2O7P+. The minimum Gasteiger partial charge on any atom is -0.387 e. The fourth-order valence-corrected chi connectivity index (χ4v) is 6.79. The van der Waals surface area contributed by atoms with Gasteiger partial charge in [-0.2, -0.15) is 0 Å². The molecule has 1 amide bonds. The van der Waals surface area contributed by atoms with Crippen LogP contribution in [0, 0.1) is 5.92 Å². The number of amides is 1. The lowest BCUT2D eigenvalue weighted by Gasteiger charge is -2.26. The SMILES string of the molecule is CCCCCCCCCCCCCCCCCC(O)C(=O)N[C@@H](COP(=O)(O)OCC[N+](C)(C)C)[C@H](O)/C=C/CCCCCCCCCC(C)C. The number of nitrogens with one attached hydrogen (secondary N) is 1. The summed E-state index contributed by atoms with van der Waals surface area (Å²) >= 11 is 0. The van der Waals surface area contributed by atoms with Gasteiger partial charge in [-0.05, 0) is 25.2 Å². The molecule has 0 rings (SSSR count). The van der Waals surface area contributed by atoms with E-state index in [-0.39, 0.29) is 6.61 Å². The van der Waals surface area contributed by atoms with E-state index in [2.05, 4.69) is 26.1 Å². The van der Waals surface area contributed by atoms with Crippen molar-refractivity contribution in [1.82, 2.24) is 5.32 Å². The lowest BCUT2D eigenvalue weighted by molar-refractivity contribution is -0.870. The van der Waals surface area contributed by atoms with E-state index >= 15 is 0 Å². The zero-order valence-corrected chi connectivity index (χ0v) is 35.0. The molecule has 0 aliphatic carbocycles.